The Hall–Kier alpha value is -2.98. The number of hydrogen-bond donors (Lipinski definition) is 1. The molecule has 0 aliphatic heterocycles. The molecule has 39 heavy (non-hydrogen) atoms. The summed E-state index contributed by atoms with van der Waals surface area (Å²) < 4.78 is 36.7. The lowest BCUT2D eigenvalue weighted by molar-refractivity contribution is -0.141. The van der Waals surface area contributed by atoms with Crippen molar-refractivity contribution in [2.75, 3.05) is 31.3 Å². The molecule has 3 rings (SSSR count). The summed E-state index contributed by atoms with van der Waals surface area (Å²) >= 11 is 6.22. The number of hydrogen-bond acceptors (Lipinski definition) is 6. The van der Waals surface area contributed by atoms with Crippen LogP contribution in [-0.2, 0) is 26.2 Å². The number of benzene rings is 2. The molecule has 1 fully saturated rings. The molecular weight excluding hydrogens is 542 g/mol. The van der Waals surface area contributed by atoms with Crippen molar-refractivity contribution >= 4 is 39.1 Å². The standard InChI is InChI=1S/C28H38ClN3O6S/c1-20(28(34)30-22-8-5-6-9-22)31(19-21-11-14-24(37-2)15-12-21)27(33)10-7-17-32(39(4,35)36)23-13-16-26(38-3)25(29)18-23/h11-16,18,20,22H,5-10,17,19H2,1-4H3,(H,30,34)/t20-/m0/s1. The van der Waals surface area contributed by atoms with Crippen LogP contribution in [-0.4, -0.2) is 64.2 Å². The summed E-state index contributed by atoms with van der Waals surface area (Å²) in [5.74, 6) is 0.710. The summed E-state index contributed by atoms with van der Waals surface area (Å²) in [5.41, 5.74) is 1.24. The zero-order valence-electron chi connectivity index (χ0n) is 23.0. The molecule has 11 heteroatoms. The lowest BCUT2D eigenvalue weighted by Crippen LogP contribution is -2.49. The smallest absolute Gasteiger partial charge is 0.242 e. The predicted molar refractivity (Wildman–Crippen MR) is 153 cm³/mol. The molecule has 1 aliphatic rings. The van der Waals surface area contributed by atoms with Crippen LogP contribution in [0.2, 0.25) is 5.02 Å². The average molecular weight is 580 g/mol. The monoisotopic (exact) mass is 579 g/mol. The molecule has 2 amide bonds. The van der Waals surface area contributed by atoms with Crippen LogP contribution in [0.5, 0.6) is 11.5 Å². The van der Waals surface area contributed by atoms with Gasteiger partial charge in [0, 0.05) is 25.6 Å². The van der Waals surface area contributed by atoms with Gasteiger partial charge in [0.2, 0.25) is 21.8 Å². The summed E-state index contributed by atoms with van der Waals surface area (Å²) in [4.78, 5) is 28.1. The Morgan fingerprint density at radius 2 is 1.74 bits per heavy atom. The molecule has 2 aromatic carbocycles. The van der Waals surface area contributed by atoms with E-state index >= 15 is 0 Å². The Balaban J connectivity index is 1.73. The zero-order chi connectivity index (χ0) is 28.6. The zero-order valence-corrected chi connectivity index (χ0v) is 24.6. The second-order valence-electron chi connectivity index (χ2n) is 9.79. The average Bonchev–Trinajstić information content (AvgIpc) is 3.41. The van der Waals surface area contributed by atoms with Crippen molar-refractivity contribution in [1.82, 2.24) is 10.2 Å². The summed E-state index contributed by atoms with van der Waals surface area (Å²) in [5, 5.41) is 3.37. The SMILES string of the molecule is COc1ccc(CN(C(=O)CCCN(c2ccc(OC)c(Cl)c2)S(C)(=O)=O)[C@@H](C)C(=O)NC2CCCC2)cc1. The van der Waals surface area contributed by atoms with E-state index in [2.05, 4.69) is 5.32 Å². The minimum Gasteiger partial charge on any atom is -0.497 e. The van der Waals surface area contributed by atoms with Crippen molar-refractivity contribution in [2.24, 2.45) is 0 Å². The van der Waals surface area contributed by atoms with E-state index in [1.807, 2.05) is 24.3 Å². The minimum atomic E-state index is -3.64. The van der Waals surface area contributed by atoms with Crippen LogP contribution in [0.25, 0.3) is 0 Å². The van der Waals surface area contributed by atoms with Gasteiger partial charge in [-0.3, -0.25) is 13.9 Å². The highest BCUT2D eigenvalue weighted by atomic mass is 35.5. The van der Waals surface area contributed by atoms with Gasteiger partial charge in [0.1, 0.15) is 17.5 Å². The minimum absolute atomic E-state index is 0.0626. The molecule has 1 saturated carbocycles. The largest absolute Gasteiger partial charge is 0.497 e. The molecule has 214 valence electrons. The molecule has 0 spiro atoms. The Bertz CT molecular complexity index is 1230. The van der Waals surface area contributed by atoms with Crippen LogP contribution in [0, 0.1) is 0 Å². The highest BCUT2D eigenvalue weighted by Gasteiger charge is 2.29. The van der Waals surface area contributed by atoms with Crippen molar-refractivity contribution < 1.29 is 27.5 Å². The summed E-state index contributed by atoms with van der Waals surface area (Å²) in [6.45, 7) is 2.05. The van der Waals surface area contributed by atoms with Crippen molar-refractivity contribution in [3.05, 3.63) is 53.1 Å². The molecule has 0 unspecified atom stereocenters. The maximum atomic E-state index is 13.5. The molecule has 9 nitrogen and oxygen atoms in total. The molecule has 1 N–H and O–H groups in total. The van der Waals surface area contributed by atoms with Crippen LogP contribution in [0.15, 0.2) is 42.5 Å². The van der Waals surface area contributed by atoms with Crippen LogP contribution >= 0.6 is 11.6 Å². The number of amides is 2. The first-order valence-electron chi connectivity index (χ1n) is 13.1. The van der Waals surface area contributed by atoms with Crippen LogP contribution in [0.4, 0.5) is 5.69 Å². The summed E-state index contributed by atoms with van der Waals surface area (Å²) in [6.07, 6.45) is 5.49. The molecule has 0 bridgehead atoms. The van der Waals surface area contributed by atoms with Crippen molar-refractivity contribution in [1.29, 1.82) is 0 Å². The van der Waals surface area contributed by atoms with E-state index in [4.69, 9.17) is 21.1 Å². The highest BCUT2D eigenvalue weighted by Crippen LogP contribution is 2.30. The molecule has 1 atom stereocenters. The van der Waals surface area contributed by atoms with E-state index in [0.29, 0.717) is 17.2 Å². The van der Waals surface area contributed by atoms with E-state index in [0.717, 1.165) is 37.5 Å². The van der Waals surface area contributed by atoms with E-state index in [9.17, 15) is 18.0 Å². The number of sulfonamides is 1. The number of anilines is 1. The topological polar surface area (TPSA) is 105 Å². The Morgan fingerprint density at radius 1 is 1.08 bits per heavy atom. The number of rotatable bonds is 13. The number of methoxy groups -OCH3 is 2. The van der Waals surface area contributed by atoms with Gasteiger partial charge in [0.15, 0.2) is 0 Å². The fourth-order valence-electron chi connectivity index (χ4n) is 4.72. The maximum absolute atomic E-state index is 13.5. The maximum Gasteiger partial charge on any atom is 0.242 e. The number of carbonyl (C=O) groups is 2. The first-order valence-corrected chi connectivity index (χ1v) is 15.3. The number of carbonyl (C=O) groups excluding carboxylic acids is 2. The van der Waals surface area contributed by atoms with Crippen molar-refractivity contribution in [3.63, 3.8) is 0 Å². The number of nitrogens with one attached hydrogen (secondary N) is 1. The third-order valence-corrected chi connectivity index (χ3v) is 8.45. The second-order valence-corrected chi connectivity index (χ2v) is 12.1. The van der Waals surface area contributed by atoms with Gasteiger partial charge >= 0.3 is 0 Å². The first kappa shape index (κ1) is 30.6. The van der Waals surface area contributed by atoms with Crippen molar-refractivity contribution in [3.8, 4) is 11.5 Å². The molecule has 0 heterocycles. The normalized spacial score (nSPS) is 14.5. The quantitative estimate of drug-likeness (QED) is 0.378. The van der Waals surface area contributed by atoms with E-state index < -0.39 is 16.1 Å². The van der Waals surface area contributed by atoms with Gasteiger partial charge in [-0.1, -0.05) is 36.6 Å². The van der Waals surface area contributed by atoms with Gasteiger partial charge < -0.3 is 19.7 Å². The van der Waals surface area contributed by atoms with Crippen LogP contribution in [0.1, 0.15) is 51.0 Å². The van der Waals surface area contributed by atoms with Gasteiger partial charge in [0.05, 0.1) is 31.2 Å². The molecule has 1 aliphatic carbocycles. The lowest BCUT2D eigenvalue weighted by atomic mass is 10.1. The van der Waals surface area contributed by atoms with Gasteiger partial charge in [-0.2, -0.15) is 0 Å². The summed E-state index contributed by atoms with van der Waals surface area (Å²) in [6, 6.07) is 11.5. The Morgan fingerprint density at radius 3 is 2.31 bits per heavy atom. The second kappa shape index (κ2) is 13.9. The fraction of sp³-hybridized carbons (Fsp3) is 0.500. The number of ether oxygens (including phenoxy) is 2. The predicted octanol–water partition coefficient (Wildman–Crippen LogP) is 4.38. The van der Waals surface area contributed by atoms with Gasteiger partial charge in [0.25, 0.3) is 0 Å². The fourth-order valence-corrected chi connectivity index (χ4v) is 5.93. The van der Waals surface area contributed by atoms with E-state index in [1.165, 1.54) is 17.5 Å². The molecular formula is C28H38ClN3O6S. The van der Waals surface area contributed by atoms with Gasteiger partial charge in [-0.15, -0.1) is 0 Å². The lowest BCUT2D eigenvalue weighted by Gasteiger charge is -2.30. The summed E-state index contributed by atoms with van der Waals surface area (Å²) in [7, 11) is -0.575. The Kier molecular flexibility index (Phi) is 10.9. The van der Waals surface area contributed by atoms with Crippen LogP contribution in [0.3, 0.4) is 0 Å². The third kappa shape index (κ3) is 8.50. The molecule has 0 aromatic heterocycles. The third-order valence-electron chi connectivity index (χ3n) is 6.96. The molecule has 0 saturated heterocycles. The van der Waals surface area contributed by atoms with Crippen LogP contribution < -0.4 is 19.1 Å². The first-order chi connectivity index (χ1) is 18.5. The highest BCUT2D eigenvalue weighted by molar-refractivity contribution is 7.92. The Labute approximate surface area is 236 Å². The molecule has 0 radical (unpaired) electrons. The van der Waals surface area contributed by atoms with E-state index in [1.54, 1.807) is 31.1 Å². The van der Waals surface area contributed by atoms with E-state index in [-0.39, 0.29) is 48.8 Å². The van der Waals surface area contributed by atoms with Crippen molar-refractivity contribution in [2.45, 2.75) is 64.1 Å². The molecule has 2 aromatic rings. The number of nitrogens with zero attached hydrogens (tertiary/aromatic N) is 2. The van der Waals surface area contributed by atoms with Gasteiger partial charge in [-0.05, 0) is 62.1 Å². The van der Waals surface area contributed by atoms with Gasteiger partial charge in [-0.25, -0.2) is 8.42 Å². The number of halogens is 1.